The molecule has 0 saturated heterocycles. The number of hydrogen-bond acceptors (Lipinski definition) is 2. The van der Waals surface area contributed by atoms with Gasteiger partial charge >= 0.3 is 0 Å². The predicted octanol–water partition coefficient (Wildman–Crippen LogP) is 3.50. The quantitative estimate of drug-likeness (QED) is 0.850. The first-order valence-electron chi connectivity index (χ1n) is 6.36. The molecular weight excluding hydrogens is 234 g/mol. The second kappa shape index (κ2) is 6.76. The highest BCUT2D eigenvalue weighted by Crippen LogP contribution is 2.12. The van der Waals surface area contributed by atoms with Crippen LogP contribution in [0.3, 0.4) is 0 Å². The summed E-state index contributed by atoms with van der Waals surface area (Å²) in [5.41, 5.74) is 3.53. The molecule has 0 radical (unpaired) electrons. The van der Waals surface area contributed by atoms with Gasteiger partial charge in [-0.15, -0.1) is 0 Å². The number of ether oxygens (including phenoxy) is 1. The van der Waals surface area contributed by atoms with Crippen LogP contribution in [0.15, 0.2) is 61.2 Å². The van der Waals surface area contributed by atoms with E-state index in [4.69, 9.17) is 4.74 Å². The summed E-state index contributed by atoms with van der Waals surface area (Å²) in [4.78, 5) is 0. The van der Waals surface area contributed by atoms with Gasteiger partial charge in [-0.3, -0.25) is 0 Å². The highest BCUT2D eigenvalue weighted by atomic mass is 16.5. The monoisotopic (exact) mass is 253 g/mol. The Bertz CT molecular complexity index is 517. The van der Waals surface area contributed by atoms with E-state index in [9.17, 15) is 0 Å². The Kier molecular flexibility index (Phi) is 4.76. The summed E-state index contributed by atoms with van der Waals surface area (Å²) in [6, 6.07) is 18.3. The van der Waals surface area contributed by atoms with E-state index in [-0.39, 0.29) is 0 Å². The molecule has 19 heavy (non-hydrogen) atoms. The lowest BCUT2D eigenvalue weighted by Gasteiger charge is -2.08. The summed E-state index contributed by atoms with van der Waals surface area (Å²) in [6.07, 6.45) is 0. The number of rotatable bonds is 6. The molecule has 0 atom stereocenters. The summed E-state index contributed by atoms with van der Waals surface area (Å²) in [5, 5.41) is 3.40. The molecule has 1 N–H and O–H groups in total. The largest absolute Gasteiger partial charge is 0.497 e. The minimum atomic E-state index is 0.788. The van der Waals surface area contributed by atoms with Crippen molar-refractivity contribution in [2.75, 3.05) is 13.7 Å². The van der Waals surface area contributed by atoms with Crippen LogP contribution in [-0.2, 0) is 6.54 Å². The van der Waals surface area contributed by atoms with E-state index >= 15 is 0 Å². The maximum Gasteiger partial charge on any atom is 0.118 e. The van der Waals surface area contributed by atoms with Crippen LogP contribution in [-0.4, -0.2) is 13.7 Å². The average Bonchev–Trinajstić information content (AvgIpc) is 2.49. The molecular formula is C17H19NO. The molecule has 0 spiro atoms. The Morgan fingerprint density at radius 2 is 1.74 bits per heavy atom. The molecule has 0 unspecified atom stereocenters. The van der Waals surface area contributed by atoms with E-state index in [1.165, 1.54) is 11.1 Å². The molecule has 2 aromatic rings. The lowest BCUT2D eigenvalue weighted by molar-refractivity contribution is 0.414. The van der Waals surface area contributed by atoms with Crippen LogP contribution in [0.25, 0.3) is 5.57 Å². The molecule has 0 aliphatic carbocycles. The van der Waals surface area contributed by atoms with Crippen molar-refractivity contribution in [3.05, 3.63) is 72.3 Å². The van der Waals surface area contributed by atoms with Gasteiger partial charge in [0.25, 0.3) is 0 Å². The van der Waals surface area contributed by atoms with Gasteiger partial charge in [0.1, 0.15) is 5.75 Å². The third kappa shape index (κ3) is 3.97. The van der Waals surface area contributed by atoms with Gasteiger partial charge in [-0.2, -0.15) is 0 Å². The van der Waals surface area contributed by atoms with Crippen LogP contribution in [0, 0.1) is 0 Å². The molecule has 0 amide bonds. The van der Waals surface area contributed by atoms with Crippen LogP contribution < -0.4 is 10.1 Å². The molecule has 2 heteroatoms. The summed E-state index contributed by atoms with van der Waals surface area (Å²) in [7, 11) is 1.68. The average molecular weight is 253 g/mol. The zero-order valence-corrected chi connectivity index (χ0v) is 11.2. The first-order valence-corrected chi connectivity index (χ1v) is 6.36. The summed E-state index contributed by atoms with van der Waals surface area (Å²) >= 11 is 0. The lowest BCUT2D eigenvalue weighted by Crippen LogP contribution is -2.15. The second-order valence-corrected chi connectivity index (χ2v) is 4.42. The van der Waals surface area contributed by atoms with Crippen molar-refractivity contribution in [2.45, 2.75) is 6.54 Å². The van der Waals surface area contributed by atoms with Crippen LogP contribution >= 0.6 is 0 Å². The van der Waals surface area contributed by atoms with Crippen molar-refractivity contribution in [2.24, 2.45) is 0 Å². The van der Waals surface area contributed by atoms with Crippen molar-refractivity contribution >= 4 is 5.57 Å². The van der Waals surface area contributed by atoms with E-state index in [0.717, 1.165) is 24.4 Å². The Morgan fingerprint density at radius 3 is 2.37 bits per heavy atom. The zero-order chi connectivity index (χ0) is 13.5. The van der Waals surface area contributed by atoms with Crippen molar-refractivity contribution in [1.29, 1.82) is 0 Å². The molecule has 0 heterocycles. The molecule has 0 aliphatic rings. The van der Waals surface area contributed by atoms with Gasteiger partial charge in [-0.05, 0) is 28.8 Å². The third-order valence-corrected chi connectivity index (χ3v) is 3.01. The summed E-state index contributed by atoms with van der Waals surface area (Å²) in [6.45, 7) is 5.72. The Hall–Kier alpha value is -2.06. The van der Waals surface area contributed by atoms with Gasteiger partial charge in [-0.25, -0.2) is 0 Å². The Morgan fingerprint density at radius 1 is 1.05 bits per heavy atom. The normalized spacial score (nSPS) is 10.2. The van der Waals surface area contributed by atoms with Gasteiger partial charge in [0, 0.05) is 13.1 Å². The third-order valence-electron chi connectivity index (χ3n) is 3.01. The number of hydrogen-bond donors (Lipinski definition) is 1. The lowest BCUT2D eigenvalue weighted by atomic mass is 10.1. The highest BCUT2D eigenvalue weighted by Gasteiger charge is 1.98. The van der Waals surface area contributed by atoms with E-state index in [1.54, 1.807) is 7.11 Å². The van der Waals surface area contributed by atoms with Gasteiger partial charge in [-0.1, -0.05) is 49.0 Å². The molecule has 0 fully saturated rings. The van der Waals surface area contributed by atoms with E-state index in [2.05, 4.69) is 36.2 Å². The number of benzene rings is 2. The fraction of sp³-hybridized carbons (Fsp3) is 0.176. The SMILES string of the molecule is C=C(CNCc1ccc(OC)cc1)c1ccccc1. The fourth-order valence-electron chi connectivity index (χ4n) is 1.88. The maximum atomic E-state index is 5.14. The first-order chi connectivity index (χ1) is 9.29. The molecule has 0 aromatic heterocycles. The molecule has 98 valence electrons. The number of methoxy groups -OCH3 is 1. The van der Waals surface area contributed by atoms with Crippen LogP contribution in [0.4, 0.5) is 0 Å². The minimum absolute atomic E-state index is 0.788. The number of nitrogens with one attached hydrogen (secondary N) is 1. The van der Waals surface area contributed by atoms with E-state index in [0.29, 0.717) is 0 Å². The fourth-order valence-corrected chi connectivity index (χ4v) is 1.88. The highest BCUT2D eigenvalue weighted by molar-refractivity contribution is 5.64. The van der Waals surface area contributed by atoms with E-state index in [1.807, 2.05) is 30.3 Å². The van der Waals surface area contributed by atoms with Gasteiger partial charge < -0.3 is 10.1 Å². The molecule has 2 rings (SSSR count). The Balaban J connectivity index is 1.81. The zero-order valence-electron chi connectivity index (χ0n) is 11.2. The second-order valence-electron chi connectivity index (χ2n) is 4.42. The van der Waals surface area contributed by atoms with Crippen LogP contribution in [0.5, 0.6) is 5.75 Å². The van der Waals surface area contributed by atoms with Gasteiger partial charge in [0.15, 0.2) is 0 Å². The summed E-state index contributed by atoms with van der Waals surface area (Å²) < 4.78 is 5.14. The van der Waals surface area contributed by atoms with Crippen molar-refractivity contribution in [3.63, 3.8) is 0 Å². The van der Waals surface area contributed by atoms with Gasteiger partial charge in [0.05, 0.1) is 7.11 Å². The predicted molar refractivity (Wildman–Crippen MR) is 80.2 cm³/mol. The van der Waals surface area contributed by atoms with Crippen LogP contribution in [0.2, 0.25) is 0 Å². The summed E-state index contributed by atoms with van der Waals surface area (Å²) in [5.74, 6) is 0.887. The molecule has 2 nitrogen and oxygen atoms in total. The molecule has 0 aliphatic heterocycles. The van der Waals surface area contributed by atoms with Crippen molar-refractivity contribution < 1.29 is 4.74 Å². The van der Waals surface area contributed by atoms with Crippen LogP contribution in [0.1, 0.15) is 11.1 Å². The van der Waals surface area contributed by atoms with Crippen molar-refractivity contribution in [1.82, 2.24) is 5.32 Å². The standard InChI is InChI=1S/C17H19NO/c1-14(16-6-4-3-5-7-16)12-18-13-15-8-10-17(19-2)11-9-15/h3-11,18H,1,12-13H2,2H3. The van der Waals surface area contributed by atoms with Gasteiger partial charge in [0.2, 0.25) is 0 Å². The molecule has 0 bridgehead atoms. The minimum Gasteiger partial charge on any atom is -0.497 e. The van der Waals surface area contributed by atoms with E-state index < -0.39 is 0 Å². The molecule has 2 aromatic carbocycles. The maximum absolute atomic E-state index is 5.14. The van der Waals surface area contributed by atoms with Crippen molar-refractivity contribution in [3.8, 4) is 5.75 Å². The first kappa shape index (κ1) is 13.4. The molecule has 0 saturated carbocycles. The topological polar surface area (TPSA) is 21.3 Å². The Labute approximate surface area is 114 Å². The smallest absolute Gasteiger partial charge is 0.118 e.